The summed E-state index contributed by atoms with van der Waals surface area (Å²) in [5, 5.41) is 27.9. The van der Waals surface area contributed by atoms with Gasteiger partial charge in [0, 0.05) is 0 Å². The molecular weight excluding hydrogens is 336 g/mol. The van der Waals surface area contributed by atoms with Gasteiger partial charge in [0.25, 0.3) is 0 Å². The van der Waals surface area contributed by atoms with E-state index in [1.165, 1.54) is 11.1 Å². The highest BCUT2D eigenvalue weighted by Gasteiger charge is 2.39. The molecule has 2 aromatic rings. The van der Waals surface area contributed by atoms with Crippen LogP contribution >= 0.6 is 0 Å². The van der Waals surface area contributed by atoms with E-state index in [1.807, 2.05) is 0 Å². The van der Waals surface area contributed by atoms with E-state index < -0.39 is 12.3 Å². The van der Waals surface area contributed by atoms with Gasteiger partial charge >= 0.3 is 12.3 Å². The topological polar surface area (TPSA) is 115 Å². The summed E-state index contributed by atoms with van der Waals surface area (Å²) in [6.07, 6.45) is -3.67. The molecule has 0 amide bonds. The molecule has 0 saturated carbocycles. The Bertz CT molecular complexity index is 608. The van der Waals surface area contributed by atoms with Crippen LogP contribution in [0.5, 0.6) is 0 Å². The Morgan fingerprint density at radius 3 is 0.962 bits per heavy atom. The summed E-state index contributed by atoms with van der Waals surface area (Å²) in [4.78, 5) is 17.1. The van der Waals surface area contributed by atoms with Gasteiger partial charge in [-0.05, 0) is 22.0 Å². The van der Waals surface area contributed by atoms with E-state index in [9.17, 15) is 0 Å². The normalized spacial score (nSPS) is 10.5. The van der Waals surface area contributed by atoms with Crippen LogP contribution in [0.15, 0.2) is 60.7 Å². The molecule has 0 fully saturated rings. The fourth-order valence-corrected chi connectivity index (χ4v) is 2.43. The molecule has 2 aromatic carbocycles. The van der Waals surface area contributed by atoms with Crippen LogP contribution in [0, 0.1) is 0 Å². The molecule has 0 radical (unpaired) electrons. The Kier molecular flexibility index (Phi) is 8.91. The first-order valence-corrected chi connectivity index (χ1v) is 7.87. The Hall–Kier alpha value is -3.02. The molecule has 142 valence electrons. The van der Waals surface area contributed by atoms with Crippen molar-refractivity contribution < 1.29 is 30.0 Å². The van der Waals surface area contributed by atoms with Crippen LogP contribution < -0.4 is 0 Å². The minimum atomic E-state index is -1.83. The van der Waals surface area contributed by atoms with E-state index >= 15 is 0 Å². The van der Waals surface area contributed by atoms with Crippen LogP contribution in [0.1, 0.15) is 38.8 Å². The van der Waals surface area contributed by atoms with E-state index in [0.29, 0.717) is 0 Å². The molecule has 0 unspecified atom stereocenters. The predicted molar refractivity (Wildman–Crippen MR) is 100 cm³/mol. The van der Waals surface area contributed by atoms with Crippen LogP contribution in [-0.4, -0.2) is 32.7 Å². The second-order valence-corrected chi connectivity index (χ2v) is 6.55. The van der Waals surface area contributed by atoms with Gasteiger partial charge in [-0.15, -0.1) is 0 Å². The van der Waals surface area contributed by atoms with Crippen molar-refractivity contribution in [1.82, 2.24) is 0 Å². The summed E-state index contributed by atoms with van der Waals surface area (Å²) in [5.74, 6) is 0. The van der Waals surface area contributed by atoms with Gasteiger partial charge in [0.2, 0.25) is 0 Å². The highest BCUT2D eigenvalue weighted by molar-refractivity contribution is 5.53. The monoisotopic (exact) mass is 362 g/mol. The maximum Gasteiger partial charge on any atom is 0.503 e. The Morgan fingerprint density at radius 2 is 0.769 bits per heavy atom. The first-order valence-electron chi connectivity index (χ1n) is 7.87. The fourth-order valence-electron chi connectivity index (χ4n) is 2.43. The van der Waals surface area contributed by atoms with Crippen molar-refractivity contribution >= 4 is 12.3 Å². The molecule has 4 N–H and O–H groups in total. The number of hydrogen-bond acceptors (Lipinski definition) is 2. The highest BCUT2D eigenvalue weighted by atomic mass is 16.6. The van der Waals surface area contributed by atoms with Gasteiger partial charge < -0.3 is 20.4 Å². The summed E-state index contributed by atoms with van der Waals surface area (Å²) in [5.41, 5.74) is 2.96. The summed E-state index contributed by atoms with van der Waals surface area (Å²) in [7, 11) is 0. The van der Waals surface area contributed by atoms with Gasteiger partial charge in [0.05, 0.1) is 0 Å². The molecule has 0 aliphatic carbocycles. The largest absolute Gasteiger partial charge is 0.503 e. The Labute approximate surface area is 153 Å². The molecule has 0 aliphatic rings. The Balaban J connectivity index is 0.000000662. The second-order valence-electron chi connectivity index (χ2n) is 6.55. The van der Waals surface area contributed by atoms with Crippen molar-refractivity contribution in [3.63, 3.8) is 0 Å². The van der Waals surface area contributed by atoms with Gasteiger partial charge in [-0.2, -0.15) is 0 Å². The molecule has 6 heteroatoms. The molecule has 0 aliphatic heterocycles. The lowest BCUT2D eigenvalue weighted by Crippen LogP contribution is -2.40. The van der Waals surface area contributed by atoms with E-state index in [4.69, 9.17) is 30.0 Å². The van der Waals surface area contributed by atoms with Crippen LogP contribution in [0.25, 0.3) is 0 Å². The zero-order valence-corrected chi connectivity index (χ0v) is 15.4. The maximum absolute atomic E-state index is 8.56. The average molecular weight is 362 g/mol. The minimum Gasteiger partial charge on any atom is -0.450 e. The standard InChI is InChI=1S/C18H22.2CH2O3/c1-17(2,15-11-7-5-8-12-15)18(3,4)16-13-9-6-10-14-16;2*2-1(3)4/h5-14H,1-4H3;2*(H2,2,3,4). The lowest BCUT2D eigenvalue weighted by Gasteiger charge is -2.43. The van der Waals surface area contributed by atoms with Gasteiger partial charge in [0.1, 0.15) is 0 Å². The van der Waals surface area contributed by atoms with E-state index in [-0.39, 0.29) is 10.8 Å². The second kappa shape index (κ2) is 10.1. The molecule has 6 nitrogen and oxygen atoms in total. The summed E-state index contributed by atoms with van der Waals surface area (Å²) in [6, 6.07) is 21.6. The number of benzene rings is 2. The molecule has 0 heterocycles. The van der Waals surface area contributed by atoms with Crippen molar-refractivity contribution in [2.45, 2.75) is 38.5 Å². The van der Waals surface area contributed by atoms with Gasteiger partial charge in [0.15, 0.2) is 0 Å². The first kappa shape index (κ1) is 23.0. The third-order valence-electron chi connectivity index (χ3n) is 4.55. The van der Waals surface area contributed by atoms with E-state index in [2.05, 4.69) is 88.4 Å². The van der Waals surface area contributed by atoms with Crippen molar-refractivity contribution in [3.05, 3.63) is 71.8 Å². The number of rotatable bonds is 3. The minimum absolute atomic E-state index is 0.0929. The third-order valence-corrected chi connectivity index (χ3v) is 4.55. The van der Waals surface area contributed by atoms with Crippen LogP contribution in [0.3, 0.4) is 0 Å². The van der Waals surface area contributed by atoms with Gasteiger partial charge in [-0.3, -0.25) is 0 Å². The van der Waals surface area contributed by atoms with Crippen molar-refractivity contribution in [2.75, 3.05) is 0 Å². The smallest absolute Gasteiger partial charge is 0.450 e. The lowest BCUT2D eigenvalue weighted by molar-refractivity contribution is 0.135. The molecule has 0 aromatic heterocycles. The van der Waals surface area contributed by atoms with E-state index in [0.717, 1.165) is 0 Å². The lowest BCUT2D eigenvalue weighted by atomic mass is 9.61. The quantitative estimate of drug-likeness (QED) is 0.582. The summed E-state index contributed by atoms with van der Waals surface area (Å²) < 4.78 is 0. The zero-order valence-electron chi connectivity index (χ0n) is 15.4. The number of carboxylic acid groups (broad SMARTS) is 4. The van der Waals surface area contributed by atoms with Crippen LogP contribution in [-0.2, 0) is 10.8 Å². The Morgan fingerprint density at radius 1 is 0.577 bits per heavy atom. The molecular formula is C20H26O6. The molecule has 0 saturated heterocycles. The molecule has 2 rings (SSSR count). The van der Waals surface area contributed by atoms with Gasteiger partial charge in [-0.1, -0.05) is 88.4 Å². The van der Waals surface area contributed by atoms with Crippen molar-refractivity contribution in [1.29, 1.82) is 0 Å². The number of carbonyl (C=O) groups is 2. The average Bonchev–Trinajstić information content (AvgIpc) is 2.55. The molecule has 0 atom stereocenters. The van der Waals surface area contributed by atoms with Crippen molar-refractivity contribution in [3.8, 4) is 0 Å². The SMILES string of the molecule is CC(C)(c1ccccc1)C(C)(C)c1ccccc1.O=C(O)O.O=C(O)O. The number of hydrogen-bond donors (Lipinski definition) is 4. The summed E-state index contributed by atoms with van der Waals surface area (Å²) >= 11 is 0. The molecule has 0 bridgehead atoms. The maximum atomic E-state index is 8.56. The predicted octanol–water partition coefficient (Wildman–Crippen LogP) is 5.39. The summed E-state index contributed by atoms with van der Waals surface area (Å²) in [6.45, 7) is 9.31. The van der Waals surface area contributed by atoms with Gasteiger partial charge in [-0.25, -0.2) is 9.59 Å². The van der Waals surface area contributed by atoms with Crippen LogP contribution in [0.2, 0.25) is 0 Å². The van der Waals surface area contributed by atoms with Crippen molar-refractivity contribution in [2.24, 2.45) is 0 Å². The molecule has 26 heavy (non-hydrogen) atoms. The van der Waals surface area contributed by atoms with E-state index in [1.54, 1.807) is 0 Å². The zero-order chi connectivity index (χ0) is 20.4. The fraction of sp³-hybridized carbons (Fsp3) is 0.300. The molecule has 0 spiro atoms. The first-order chi connectivity index (χ1) is 11.9. The third kappa shape index (κ3) is 7.25. The highest BCUT2D eigenvalue weighted by Crippen LogP contribution is 2.43. The van der Waals surface area contributed by atoms with Crippen LogP contribution in [0.4, 0.5) is 9.59 Å².